The Bertz CT molecular complexity index is 327. The minimum absolute atomic E-state index is 0.0773. The highest BCUT2D eigenvalue weighted by Gasteiger charge is 2.26. The first-order valence-corrected chi connectivity index (χ1v) is 9.49. The fourth-order valence-electron chi connectivity index (χ4n) is 2.82. The van der Waals surface area contributed by atoms with Crippen LogP contribution in [-0.4, -0.2) is 23.7 Å². The molecule has 0 rings (SSSR count). The van der Waals surface area contributed by atoms with Gasteiger partial charge in [0.1, 0.15) is 0 Å². The number of carbonyl (C=O) groups is 2. The molecule has 0 aromatic carbocycles. The van der Waals surface area contributed by atoms with Crippen LogP contribution in [0.3, 0.4) is 0 Å². The first-order valence-electron chi connectivity index (χ1n) is 9.49. The summed E-state index contributed by atoms with van der Waals surface area (Å²) in [5, 5.41) is 30.4. The quantitative estimate of drug-likeness (QED) is 0.322. The van der Waals surface area contributed by atoms with Crippen LogP contribution >= 0.6 is 0 Å². The van der Waals surface area contributed by atoms with Gasteiger partial charge in [0.2, 0.25) is 0 Å². The molecule has 0 saturated carbocycles. The lowest BCUT2D eigenvalue weighted by molar-refractivity contribution is -0.342. The van der Waals surface area contributed by atoms with Gasteiger partial charge in [0.25, 0.3) is 0 Å². The number of aliphatic hydroxyl groups excluding tert-OH is 1. The van der Waals surface area contributed by atoms with E-state index in [1.165, 1.54) is 51.9 Å². The highest BCUT2D eigenvalue weighted by atomic mass is 16.4. The van der Waals surface area contributed by atoms with E-state index >= 15 is 0 Å². The molecule has 0 unspecified atom stereocenters. The van der Waals surface area contributed by atoms with Crippen LogP contribution in [0, 0.1) is 5.41 Å². The van der Waals surface area contributed by atoms with Gasteiger partial charge in [-0.2, -0.15) is 0 Å². The summed E-state index contributed by atoms with van der Waals surface area (Å²) in [6, 6.07) is 0. The van der Waals surface area contributed by atoms with Crippen molar-refractivity contribution in [3.05, 3.63) is 0 Å². The minimum Gasteiger partial charge on any atom is -0.549 e. The average Bonchev–Trinajstić information content (AvgIpc) is 2.54. The third-order valence-corrected chi connectivity index (χ3v) is 4.74. The van der Waals surface area contributed by atoms with Crippen LogP contribution in [0.4, 0.5) is 0 Å². The van der Waals surface area contributed by atoms with Gasteiger partial charge in [0.15, 0.2) is 0 Å². The molecule has 0 aliphatic carbocycles. The van der Waals surface area contributed by atoms with E-state index in [1.807, 2.05) is 0 Å². The zero-order valence-corrected chi connectivity index (χ0v) is 15.2. The lowest BCUT2D eigenvalue weighted by Gasteiger charge is -2.31. The zero-order chi connectivity index (χ0) is 18.3. The molecular formula is C19H34O5-2. The van der Waals surface area contributed by atoms with Gasteiger partial charge in [-0.1, -0.05) is 77.0 Å². The van der Waals surface area contributed by atoms with Gasteiger partial charge >= 0.3 is 0 Å². The van der Waals surface area contributed by atoms with E-state index in [-0.39, 0.29) is 6.42 Å². The van der Waals surface area contributed by atoms with Crippen LogP contribution in [0.1, 0.15) is 96.8 Å². The Hall–Kier alpha value is -1.10. The number of aliphatic carboxylic acids is 2. The fourth-order valence-corrected chi connectivity index (χ4v) is 2.82. The molecule has 0 radical (unpaired) electrons. The standard InChI is InChI=1S/C19H36O5/c1-19(17(21)22,18(23)24)15-13-11-9-7-5-3-2-4-6-8-10-12-14-16-20/h20H,2-16H2,1H3,(H,21,22)(H,23,24)/p-2. The summed E-state index contributed by atoms with van der Waals surface area (Å²) in [7, 11) is 0. The van der Waals surface area contributed by atoms with E-state index in [9.17, 15) is 19.8 Å². The number of carboxylic acid groups (broad SMARTS) is 2. The number of carboxylic acids is 2. The van der Waals surface area contributed by atoms with Gasteiger partial charge in [0.05, 0.1) is 11.9 Å². The van der Waals surface area contributed by atoms with E-state index in [1.54, 1.807) is 0 Å². The molecule has 142 valence electrons. The topological polar surface area (TPSA) is 100 Å². The smallest absolute Gasteiger partial charge is 0.0529 e. The van der Waals surface area contributed by atoms with Crippen molar-refractivity contribution in [3.63, 3.8) is 0 Å². The second kappa shape index (κ2) is 14.3. The zero-order valence-electron chi connectivity index (χ0n) is 15.2. The Morgan fingerprint density at radius 1 is 0.667 bits per heavy atom. The summed E-state index contributed by atoms with van der Waals surface area (Å²) >= 11 is 0. The van der Waals surface area contributed by atoms with Gasteiger partial charge in [0, 0.05) is 12.0 Å². The number of aliphatic hydroxyl groups is 1. The molecule has 0 bridgehead atoms. The molecule has 0 saturated heterocycles. The van der Waals surface area contributed by atoms with Gasteiger partial charge in [-0.25, -0.2) is 0 Å². The van der Waals surface area contributed by atoms with Crippen molar-refractivity contribution >= 4 is 11.9 Å². The maximum absolute atomic E-state index is 10.9. The van der Waals surface area contributed by atoms with Crippen molar-refractivity contribution in [2.45, 2.75) is 96.8 Å². The van der Waals surface area contributed by atoms with Gasteiger partial charge in [-0.05, 0) is 19.8 Å². The summed E-state index contributed by atoms with van der Waals surface area (Å²) in [4.78, 5) is 21.8. The number of carbonyl (C=O) groups excluding carboxylic acids is 2. The number of hydrogen-bond acceptors (Lipinski definition) is 5. The van der Waals surface area contributed by atoms with Crippen LogP contribution < -0.4 is 10.2 Å². The third kappa shape index (κ3) is 10.6. The first-order chi connectivity index (χ1) is 11.4. The molecule has 0 amide bonds. The molecule has 0 spiro atoms. The van der Waals surface area contributed by atoms with Crippen LogP contribution in [0.5, 0.6) is 0 Å². The Kier molecular flexibility index (Phi) is 13.6. The lowest BCUT2D eigenvalue weighted by Crippen LogP contribution is -2.51. The van der Waals surface area contributed by atoms with Crippen LogP contribution in [0.15, 0.2) is 0 Å². The summed E-state index contributed by atoms with van der Waals surface area (Å²) in [6.07, 6.45) is 14.4. The maximum Gasteiger partial charge on any atom is 0.0529 e. The van der Waals surface area contributed by atoms with E-state index in [4.69, 9.17) is 5.11 Å². The molecular weight excluding hydrogens is 308 g/mol. The summed E-state index contributed by atoms with van der Waals surface area (Å²) in [6.45, 7) is 1.47. The SMILES string of the molecule is CC(CCCCCCCCCCCCCCCO)(C(=O)[O-])C(=O)[O-]. The van der Waals surface area contributed by atoms with Gasteiger partial charge < -0.3 is 24.9 Å². The van der Waals surface area contributed by atoms with Crippen molar-refractivity contribution in [2.24, 2.45) is 5.41 Å². The average molecular weight is 342 g/mol. The molecule has 0 heterocycles. The normalized spacial score (nSPS) is 11.6. The van der Waals surface area contributed by atoms with Crippen molar-refractivity contribution in [1.29, 1.82) is 0 Å². The van der Waals surface area contributed by atoms with Crippen molar-refractivity contribution in [2.75, 3.05) is 6.61 Å². The van der Waals surface area contributed by atoms with Crippen LogP contribution in [0.25, 0.3) is 0 Å². The van der Waals surface area contributed by atoms with E-state index in [0.717, 1.165) is 32.1 Å². The molecule has 0 aliphatic heterocycles. The second-order valence-electron chi connectivity index (χ2n) is 6.98. The monoisotopic (exact) mass is 342 g/mol. The first kappa shape index (κ1) is 22.9. The van der Waals surface area contributed by atoms with Crippen molar-refractivity contribution < 1.29 is 24.9 Å². The molecule has 5 heteroatoms. The fraction of sp³-hybridized carbons (Fsp3) is 0.895. The summed E-state index contributed by atoms with van der Waals surface area (Å²) < 4.78 is 0. The van der Waals surface area contributed by atoms with Gasteiger partial charge in [-0.3, -0.25) is 0 Å². The van der Waals surface area contributed by atoms with Crippen molar-refractivity contribution in [3.8, 4) is 0 Å². The Balaban J connectivity index is 3.40. The predicted octanol–water partition coefficient (Wildman–Crippen LogP) is 1.95. The highest BCUT2D eigenvalue weighted by molar-refractivity contribution is 5.95. The predicted molar refractivity (Wildman–Crippen MR) is 89.8 cm³/mol. The van der Waals surface area contributed by atoms with Crippen LogP contribution in [-0.2, 0) is 9.59 Å². The lowest BCUT2D eigenvalue weighted by atomic mass is 9.85. The minimum atomic E-state index is -1.86. The van der Waals surface area contributed by atoms with E-state index in [0.29, 0.717) is 13.0 Å². The molecule has 24 heavy (non-hydrogen) atoms. The second-order valence-corrected chi connectivity index (χ2v) is 6.98. The Morgan fingerprint density at radius 2 is 0.958 bits per heavy atom. The third-order valence-electron chi connectivity index (χ3n) is 4.74. The van der Waals surface area contributed by atoms with E-state index in [2.05, 4.69) is 0 Å². The molecule has 0 fully saturated rings. The van der Waals surface area contributed by atoms with Crippen LogP contribution in [0.2, 0.25) is 0 Å². The Labute approximate surface area is 146 Å². The molecule has 0 aliphatic rings. The van der Waals surface area contributed by atoms with E-state index < -0.39 is 17.4 Å². The molecule has 0 atom stereocenters. The number of unbranched alkanes of at least 4 members (excludes halogenated alkanes) is 12. The molecule has 5 nitrogen and oxygen atoms in total. The Morgan fingerprint density at radius 3 is 1.25 bits per heavy atom. The molecule has 0 aromatic heterocycles. The summed E-state index contributed by atoms with van der Waals surface area (Å²) in [5.74, 6) is -3.11. The molecule has 1 N–H and O–H groups in total. The highest BCUT2D eigenvalue weighted by Crippen LogP contribution is 2.24. The van der Waals surface area contributed by atoms with Crippen molar-refractivity contribution in [1.82, 2.24) is 0 Å². The maximum atomic E-state index is 10.9. The largest absolute Gasteiger partial charge is 0.549 e. The number of rotatable bonds is 17. The van der Waals surface area contributed by atoms with Gasteiger partial charge in [-0.15, -0.1) is 0 Å². The summed E-state index contributed by atoms with van der Waals surface area (Å²) in [5.41, 5.74) is -1.86. The molecule has 0 aromatic rings. The number of hydrogen-bond donors (Lipinski definition) is 1.